The third-order valence-corrected chi connectivity index (χ3v) is 3.33. The molecule has 1 atom stereocenters. The quantitative estimate of drug-likeness (QED) is 0.820. The molecule has 1 fully saturated rings. The second-order valence-corrected chi connectivity index (χ2v) is 4.73. The fourth-order valence-electron chi connectivity index (χ4n) is 2.12. The molecule has 1 heterocycles. The van der Waals surface area contributed by atoms with Crippen LogP contribution in [0.15, 0.2) is 24.3 Å². The van der Waals surface area contributed by atoms with Crippen molar-refractivity contribution in [1.82, 2.24) is 4.90 Å². The van der Waals surface area contributed by atoms with Gasteiger partial charge in [0.2, 0.25) is 0 Å². The van der Waals surface area contributed by atoms with Crippen LogP contribution in [-0.2, 0) is 4.79 Å². The molecule has 0 bridgehead atoms. The molecular weight excluding hydrogens is 244 g/mol. The van der Waals surface area contributed by atoms with Crippen molar-refractivity contribution in [2.75, 3.05) is 26.3 Å². The predicted octanol–water partition coefficient (Wildman–Crippen LogP) is 0.680. The average Bonchev–Trinajstić information content (AvgIpc) is 2.98. The Kier molecular flexibility index (Phi) is 4.76. The summed E-state index contributed by atoms with van der Waals surface area (Å²) in [5.41, 5.74) is 6.55. The van der Waals surface area contributed by atoms with E-state index in [1.165, 1.54) is 0 Å². The molecule has 1 aliphatic rings. The summed E-state index contributed by atoms with van der Waals surface area (Å²) in [6.07, 6.45) is 2.17. The van der Waals surface area contributed by atoms with Gasteiger partial charge in [-0.15, -0.1) is 0 Å². The van der Waals surface area contributed by atoms with Gasteiger partial charge in [-0.3, -0.25) is 4.79 Å². The zero-order valence-corrected chi connectivity index (χ0v) is 10.9. The van der Waals surface area contributed by atoms with Gasteiger partial charge in [-0.25, -0.2) is 0 Å². The van der Waals surface area contributed by atoms with E-state index in [-0.39, 0.29) is 25.2 Å². The maximum atomic E-state index is 11.8. The van der Waals surface area contributed by atoms with Gasteiger partial charge in [-0.2, -0.15) is 0 Å². The van der Waals surface area contributed by atoms with Crippen molar-refractivity contribution >= 4 is 5.91 Å². The van der Waals surface area contributed by atoms with Crippen LogP contribution in [0.2, 0.25) is 0 Å². The van der Waals surface area contributed by atoms with Crippen molar-refractivity contribution in [2.24, 2.45) is 5.73 Å². The number of carbonyl (C=O) groups excluding carboxylic acids is 1. The number of amides is 1. The maximum Gasteiger partial charge on any atom is 0.260 e. The van der Waals surface area contributed by atoms with E-state index in [1.54, 1.807) is 24.3 Å². The Morgan fingerprint density at radius 3 is 2.53 bits per heavy atom. The van der Waals surface area contributed by atoms with Crippen molar-refractivity contribution in [3.05, 3.63) is 29.8 Å². The lowest BCUT2D eigenvalue weighted by atomic mass is 10.1. The zero-order valence-electron chi connectivity index (χ0n) is 10.9. The first kappa shape index (κ1) is 13.8. The minimum absolute atomic E-state index is 0.0358. The first-order valence-corrected chi connectivity index (χ1v) is 6.57. The molecule has 1 saturated heterocycles. The lowest BCUT2D eigenvalue weighted by Crippen LogP contribution is -2.32. The molecule has 0 radical (unpaired) electrons. The molecule has 0 aromatic heterocycles. The average molecular weight is 264 g/mol. The van der Waals surface area contributed by atoms with Crippen LogP contribution >= 0.6 is 0 Å². The number of hydrogen-bond donors (Lipinski definition) is 2. The van der Waals surface area contributed by atoms with Gasteiger partial charge in [-0.05, 0) is 30.5 Å². The number of aliphatic hydroxyl groups excluding tert-OH is 1. The van der Waals surface area contributed by atoms with Crippen molar-refractivity contribution in [3.63, 3.8) is 0 Å². The van der Waals surface area contributed by atoms with Gasteiger partial charge >= 0.3 is 0 Å². The van der Waals surface area contributed by atoms with E-state index in [1.807, 2.05) is 4.90 Å². The third-order valence-electron chi connectivity index (χ3n) is 3.33. The Morgan fingerprint density at radius 1 is 1.32 bits per heavy atom. The van der Waals surface area contributed by atoms with Crippen molar-refractivity contribution in [2.45, 2.75) is 18.9 Å². The van der Waals surface area contributed by atoms with Crippen LogP contribution in [0.5, 0.6) is 5.75 Å². The minimum atomic E-state index is -0.375. The number of hydrogen-bond acceptors (Lipinski definition) is 4. The fraction of sp³-hybridized carbons (Fsp3) is 0.500. The van der Waals surface area contributed by atoms with Crippen LogP contribution in [-0.4, -0.2) is 42.2 Å². The number of nitrogens with two attached hydrogens (primary N) is 1. The van der Waals surface area contributed by atoms with E-state index < -0.39 is 0 Å². The first-order valence-electron chi connectivity index (χ1n) is 6.57. The number of aliphatic hydroxyl groups is 1. The van der Waals surface area contributed by atoms with Crippen molar-refractivity contribution in [3.8, 4) is 5.75 Å². The largest absolute Gasteiger partial charge is 0.484 e. The summed E-state index contributed by atoms with van der Waals surface area (Å²) in [5, 5.41) is 8.95. The smallest absolute Gasteiger partial charge is 0.260 e. The maximum absolute atomic E-state index is 11.8. The molecule has 0 saturated carbocycles. The highest BCUT2D eigenvalue weighted by Gasteiger charge is 2.18. The predicted molar refractivity (Wildman–Crippen MR) is 71.8 cm³/mol. The lowest BCUT2D eigenvalue weighted by molar-refractivity contribution is -0.132. The summed E-state index contributed by atoms with van der Waals surface area (Å²) in [5.74, 6) is 0.676. The Morgan fingerprint density at radius 2 is 1.95 bits per heavy atom. The van der Waals surface area contributed by atoms with Crippen LogP contribution < -0.4 is 10.5 Å². The van der Waals surface area contributed by atoms with Crippen LogP contribution in [0.3, 0.4) is 0 Å². The van der Waals surface area contributed by atoms with Crippen LogP contribution in [0.25, 0.3) is 0 Å². The van der Waals surface area contributed by atoms with Crippen molar-refractivity contribution < 1.29 is 14.6 Å². The molecule has 1 aromatic rings. The SMILES string of the molecule is N[C@@H](CO)c1ccc(OCC(=O)N2CCCC2)cc1. The molecule has 1 aliphatic heterocycles. The van der Waals surface area contributed by atoms with Gasteiger partial charge in [0.1, 0.15) is 5.75 Å². The summed E-state index contributed by atoms with van der Waals surface area (Å²) in [6.45, 7) is 1.66. The topological polar surface area (TPSA) is 75.8 Å². The molecule has 104 valence electrons. The highest BCUT2D eigenvalue weighted by Crippen LogP contribution is 2.16. The van der Waals surface area contributed by atoms with E-state index >= 15 is 0 Å². The number of ether oxygens (including phenoxy) is 1. The molecular formula is C14H20N2O3. The van der Waals surface area contributed by atoms with E-state index in [0.29, 0.717) is 5.75 Å². The molecule has 0 spiro atoms. The fourth-order valence-corrected chi connectivity index (χ4v) is 2.12. The van der Waals surface area contributed by atoms with Gasteiger partial charge in [-0.1, -0.05) is 12.1 Å². The number of nitrogens with zero attached hydrogens (tertiary/aromatic N) is 1. The van der Waals surface area contributed by atoms with E-state index in [2.05, 4.69) is 0 Å². The van der Waals surface area contributed by atoms with E-state index in [9.17, 15) is 4.79 Å². The summed E-state index contributed by atoms with van der Waals surface area (Å²) < 4.78 is 5.45. The van der Waals surface area contributed by atoms with Gasteiger partial charge in [0.05, 0.1) is 12.6 Å². The molecule has 0 aliphatic carbocycles. The monoisotopic (exact) mass is 264 g/mol. The highest BCUT2D eigenvalue weighted by molar-refractivity contribution is 5.78. The Labute approximate surface area is 113 Å². The van der Waals surface area contributed by atoms with Crippen molar-refractivity contribution in [1.29, 1.82) is 0 Å². The van der Waals surface area contributed by atoms with Crippen LogP contribution in [0.1, 0.15) is 24.4 Å². The van der Waals surface area contributed by atoms with Gasteiger partial charge in [0, 0.05) is 13.1 Å². The molecule has 1 aromatic carbocycles. The lowest BCUT2D eigenvalue weighted by Gasteiger charge is -2.15. The normalized spacial score (nSPS) is 16.4. The van der Waals surface area contributed by atoms with Gasteiger partial charge in [0.25, 0.3) is 5.91 Å². The molecule has 5 heteroatoms. The van der Waals surface area contributed by atoms with Gasteiger partial charge in [0.15, 0.2) is 6.61 Å². The number of likely N-dealkylation sites (tertiary alicyclic amines) is 1. The Hall–Kier alpha value is -1.59. The van der Waals surface area contributed by atoms with Gasteiger partial charge < -0.3 is 20.5 Å². The molecule has 5 nitrogen and oxygen atoms in total. The third kappa shape index (κ3) is 3.68. The molecule has 1 amide bonds. The van der Waals surface area contributed by atoms with E-state index in [4.69, 9.17) is 15.6 Å². The molecule has 3 N–H and O–H groups in total. The minimum Gasteiger partial charge on any atom is -0.484 e. The Balaban J connectivity index is 1.84. The second kappa shape index (κ2) is 6.54. The number of carbonyl (C=O) groups is 1. The zero-order chi connectivity index (χ0) is 13.7. The van der Waals surface area contributed by atoms with Crippen LogP contribution in [0.4, 0.5) is 0 Å². The standard InChI is InChI=1S/C14H20N2O3/c15-13(9-17)11-3-5-12(6-4-11)19-10-14(18)16-7-1-2-8-16/h3-6,13,17H,1-2,7-10,15H2/t13-/m0/s1. The van der Waals surface area contributed by atoms with Crippen LogP contribution in [0, 0.1) is 0 Å². The Bertz CT molecular complexity index is 413. The summed E-state index contributed by atoms with van der Waals surface area (Å²) in [4.78, 5) is 13.6. The summed E-state index contributed by atoms with van der Waals surface area (Å²) in [6, 6.07) is 6.76. The molecule has 2 rings (SSSR count). The summed E-state index contributed by atoms with van der Waals surface area (Å²) >= 11 is 0. The number of rotatable bonds is 5. The van der Waals surface area contributed by atoms with E-state index in [0.717, 1.165) is 31.5 Å². The molecule has 0 unspecified atom stereocenters. The number of benzene rings is 1. The summed E-state index contributed by atoms with van der Waals surface area (Å²) in [7, 11) is 0. The molecule has 19 heavy (non-hydrogen) atoms. The second-order valence-electron chi connectivity index (χ2n) is 4.73. The first-order chi connectivity index (χ1) is 9.20. The highest BCUT2D eigenvalue weighted by atomic mass is 16.5.